The van der Waals surface area contributed by atoms with Crippen molar-refractivity contribution in [3.8, 4) is 17.1 Å². The van der Waals surface area contributed by atoms with Crippen LogP contribution in [-0.2, 0) is 16.0 Å². The molecule has 2 rings (SSSR count). The number of carbonyl (C=O) groups is 1. The smallest absolute Gasteiger partial charge is 0.340 e. The third kappa shape index (κ3) is 6.23. The lowest BCUT2D eigenvalue weighted by molar-refractivity contribution is -0.144. The minimum atomic E-state index is -0.590. The summed E-state index contributed by atoms with van der Waals surface area (Å²) in [5, 5.41) is 0. The van der Waals surface area contributed by atoms with Gasteiger partial charge in [0.2, 0.25) is 0 Å². The number of hydrogen-bond acceptors (Lipinski definition) is 5. The first-order valence-corrected chi connectivity index (χ1v) is 9.30. The van der Waals surface area contributed by atoms with Gasteiger partial charge in [-0.05, 0) is 49.6 Å². The maximum absolute atomic E-state index is 11.7. The normalized spacial score (nSPS) is 12.0. The monoisotopic (exact) mass is 356 g/mol. The Labute approximate surface area is 155 Å². The topological polar surface area (TPSA) is 61.3 Å². The predicted molar refractivity (Wildman–Crippen MR) is 102 cm³/mol. The van der Waals surface area contributed by atoms with Gasteiger partial charge in [0.15, 0.2) is 11.9 Å². The van der Waals surface area contributed by atoms with Gasteiger partial charge in [-0.3, -0.25) is 0 Å². The lowest BCUT2D eigenvalue weighted by atomic mass is 10.1. The van der Waals surface area contributed by atoms with Gasteiger partial charge in [0.05, 0.1) is 0 Å². The molecule has 5 nitrogen and oxygen atoms in total. The second-order valence-corrected chi connectivity index (χ2v) is 6.40. The molecule has 1 heterocycles. The van der Waals surface area contributed by atoms with Crippen LogP contribution in [0.2, 0.25) is 0 Å². The van der Waals surface area contributed by atoms with Crippen LogP contribution in [0.15, 0.2) is 36.7 Å². The second-order valence-electron chi connectivity index (χ2n) is 6.40. The molecule has 0 saturated heterocycles. The van der Waals surface area contributed by atoms with Gasteiger partial charge < -0.3 is 9.47 Å². The first-order chi connectivity index (χ1) is 12.6. The molecule has 140 valence electrons. The van der Waals surface area contributed by atoms with E-state index in [1.54, 1.807) is 19.1 Å². The summed E-state index contributed by atoms with van der Waals surface area (Å²) in [5.41, 5.74) is 2.06. The van der Waals surface area contributed by atoms with Gasteiger partial charge in [-0.15, -0.1) is 0 Å². The van der Waals surface area contributed by atoms with Crippen molar-refractivity contribution >= 4 is 5.97 Å². The van der Waals surface area contributed by atoms with Crippen LogP contribution in [-0.4, -0.2) is 29.2 Å². The molecule has 0 spiro atoms. The standard InChI is InChI=1S/C21H28N2O3/c1-4-5-6-7-8-9-17-14-22-20(23-15-17)18-10-12-19(13-11-18)26-21(24)16(2)25-3/h10-16H,4-9H2,1-3H3. The van der Waals surface area contributed by atoms with Crippen LogP contribution in [0.1, 0.15) is 51.5 Å². The molecule has 0 bridgehead atoms. The highest BCUT2D eigenvalue weighted by atomic mass is 16.6. The zero-order valence-corrected chi connectivity index (χ0v) is 15.9. The van der Waals surface area contributed by atoms with Gasteiger partial charge in [0, 0.05) is 25.1 Å². The fourth-order valence-corrected chi connectivity index (χ4v) is 2.53. The quantitative estimate of drug-likeness (QED) is 0.354. The van der Waals surface area contributed by atoms with Crippen molar-refractivity contribution in [1.82, 2.24) is 9.97 Å². The van der Waals surface area contributed by atoms with Crippen molar-refractivity contribution in [3.63, 3.8) is 0 Å². The molecule has 1 aromatic heterocycles. The number of benzene rings is 1. The Bertz CT molecular complexity index is 669. The maximum Gasteiger partial charge on any atom is 0.340 e. The van der Waals surface area contributed by atoms with E-state index in [2.05, 4.69) is 16.9 Å². The summed E-state index contributed by atoms with van der Waals surface area (Å²) in [6.07, 6.45) is 10.6. The molecular weight excluding hydrogens is 328 g/mol. The van der Waals surface area contributed by atoms with Crippen LogP contribution in [0.3, 0.4) is 0 Å². The van der Waals surface area contributed by atoms with Crippen molar-refractivity contribution in [2.45, 2.75) is 58.5 Å². The van der Waals surface area contributed by atoms with E-state index in [4.69, 9.17) is 9.47 Å². The first kappa shape index (κ1) is 20.0. The van der Waals surface area contributed by atoms with Crippen molar-refractivity contribution in [3.05, 3.63) is 42.2 Å². The van der Waals surface area contributed by atoms with E-state index in [9.17, 15) is 4.79 Å². The van der Waals surface area contributed by atoms with Gasteiger partial charge in [-0.25, -0.2) is 14.8 Å². The molecule has 26 heavy (non-hydrogen) atoms. The van der Waals surface area contributed by atoms with E-state index in [0.29, 0.717) is 11.6 Å². The average Bonchev–Trinajstić information content (AvgIpc) is 2.68. The summed E-state index contributed by atoms with van der Waals surface area (Å²) in [5.74, 6) is 0.731. The Morgan fingerprint density at radius 1 is 1.04 bits per heavy atom. The zero-order chi connectivity index (χ0) is 18.8. The highest BCUT2D eigenvalue weighted by Crippen LogP contribution is 2.20. The number of hydrogen-bond donors (Lipinski definition) is 0. The highest BCUT2D eigenvalue weighted by Gasteiger charge is 2.14. The van der Waals surface area contributed by atoms with E-state index in [1.807, 2.05) is 24.5 Å². The van der Waals surface area contributed by atoms with E-state index in [1.165, 1.54) is 44.8 Å². The largest absolute Gasteiger partial charge is 0.425 e. The van der Waals surface area contributed by atoms with Crippen molar-refractivity contribution in [2.75, 3.05) is 7.11 Å². The maximum atomic E-state index is 11.7. The number of aromatic nitrogens is 2. The molecule has 0 aliphatic carbocycles. The predicted octanol–water partition coefficient (Wildman–Crippen LogP) is 4.60. The number of ether oxygens (including phenoxy) is 2. The van der Waals surface area contributed by atoms with Crippen molar-refractivity contribution < 1.29 is 14.3 Å². The Hall–Kier alpha value is -2.27. The van der Waals surface area contributed by atoms with Crippen LogP contribution in [0.4, 0.5) is 0 Å². The van der Waals surface area contributed by atoms with Gasteiger partial charge >= 0.3 is 5.97 Å². The lowest BCUT2D eigenvalue weighted by Gasteiger charge is -2.09. The Morgan fingerprint density at radius 2 is 1.69 bits per heavy atom. The molecule has 1 atom stereocenters. The first-order valence-electron chi connectivity index (χ1n) is 9.30. The van der Waals surface area contributed by atoms with Crippen LogP contribution in [0.5, 0.6) is 5.75 Å². The number of aryl methyl sites for hydroxylation is 1. The molecule has 0 saturated carbocycles. The third-order valence-corrected chi connectivity index (χ3v) is 4.29. The molecule has 0 radical (unpaired) electrons. The summed E-state index contributed by atoms with van der Waals surface area (Å²) in [7, 11) is 1.47. The van der Waals surface area contributed by atoms with Crippen LogP contribution in [0.25, 0.3) is 11.4 Å². The van der Waals surface area contributed by atoms with Crippen LogP contribution >= 0.6 is 0 Å². The molecular formula is C21H28N2O3. The van der Waals surface area contributed by atoms with Crippen LogP contribution in [0, 0.1) is 0 Å². The summed E-state index contributed by atoms with van der Waals surface area (Å²) in [6.45, 7) is 3.87. The molecule has 0 fully saturated rings. The van der Waals surface area contributed by atoms with Crippen molar-refractivity contribution in [1.29, 1.82) is 0 Å². The van der Waals surface area contributed by atoms with E-state index in [0.717, 1.165) is 12.0 Å². The summed E-state index contributed by atoms with van der Waals surface area (Å²) in [4.78, 5) is 20.6. The number of methoxy groups -OCH3 is 1. The SMILES string of the molecule is CCCCCCCc1cnc(-c2ccc(OC(=O)C(C)OC)cc2)nc1. The molecule has 2 aromatic rings. The third-order valence-electron chi connectivity index (χ3n) is 4.29. The second kappa shape index (κ2) is 10.7. The fraction of sp³-hybridized carbons (Fsp3) is 0.476. The Morgan fingerprint density at radius 3 is 2.31 bits per heavy atom. The Kier molecular flexibility index (Phi) is 8.22. The molecule has 1 aromatic carbocycles. The minimum Gasteiger partial charge on any atom is -0.425 e. The van der Waals surface area contributed by atoms with Gasteiger partial charge in [-0.2, -0.15) is 0 Å². The van der Waals surface area contributed by atoms with Gasteiger partial charge in [-0.1, -0.05) is 32.6 Å². The summed E-state index contributed by atoms with van der Waals surface area (Å²) < 4.78 is 10.2. The fourth-order valence-electron chi connectivity index (χ4n) is 2.53. The number of rotatable bonds is 10. The summed E-state index contributed by atoms with van der Waals surface area (Å²) in [6, 6.07) is 7.17. The van der Waals surface area contributed by atoms with E-state index < -0.39 is 12.1 Å². The van der Waals surface area contributed by atoms with E-state index >= 15 is 0 Å². The molecule has 1 unspecified atom stereocenters. The zero-order valence-electron chi connectivity index (χ0n) is 15.9. The number of esters is 1. The molecule has 0 aliphatic rings. The van der Waals surface area contributed by atoms with Crippen molar-refractivity contribution in [2.24, 2.45) is 0 Å². The minimum absolute atomic E-state index is 0.417. The van der Waals surface area contributed by atoms with E-state index in [-0.39, 0.29) is 0 Å². The molecule has 0 N–H and O–H groups in total. The van der Waals surface area contributed by atoms with Gasteiger partial charge in [0.25, 0.3) is 0 Å². The molecule has 0 amide bonds. The number of nitrogens with zero attached hydrogens (tertiary/aromatic N) is 2. The highest BCUT2D eigenvalue weighted by molar-refractivity contribution is 5.77. The number of unbranched alkanes of at least 4 members (excludes halogenated alkanes) is 4. The average molecular weight is 356 g/mol. The lowest BCUT2D eigenvalue weighted by Crippen LogP contribution is -2.24. The molecule has 0 aliphatic heterocycles. The Balaban J connectivity index is 1.89. The number of carbonyl (C=O) groups excluding carboxylic acids is 1. The van der Waals surface area contributed by atoms with Gasteiger partial charge in [0.1, 0.15) is 5.75 Å². The van der Waals surface area contributed by atoms with Crippen LogP contribution < -0.4 is 4.74 Å². The molecule has 5 heteroatoms. The summed E-state index contributed by atoms with van der Waals surface area (Å²) >= 11 is 0.